The number of allylic oxidation sites excluding steroid dienone is 5. The molecule has 0 saturated heterocycles. The minimum atomic E-state index is 0.365. The Labute approximate surface area is 253 Å². The van der Waals surface area contributed by atoms with E-state index in [4.69, 9.17) is 0 Å². The molecule has 0 N–H and O–H groups in total. The Balaban J connectivity index is 1.40. The Hall–Kier alpha value is -4.75. The highest BCUT2D eigenvalue weighted by Crippen LogP contribution is 2.43. The maximum Gasteiger partial charge on any atom is 0.0233 e. The zero-order valence-corrected chi connectivity index (χ0v) is 24.7. The van der Waals surface area contributed by atoms with Gasteiger partial charge >= 0.3 is 0 Å². The summed E-state index contributed by atoms with van der Waals surface area (Å²) in [4.78, 5) is 4.50. The van der Waals surface area contributed by atoms with Crippen LogP contribution in [0.3, 0.4) is 0 Å². The van der Waals surface area contributed by atoms with E-state index in [1.54, 1.807) is 0 Å². The molecule has 43 heavy (non-hydrogen) atoms. The molecular weight excluding hydrogens is 518 g/mol. The van der Waals surface area contributed by atoms with E-state index in [1.807, 2.05) is 6.20 Å². The van der Waals surface area contributed by atoms with Crippen molar-refractivity contribution in [3.63, 3.8) is 0 Å². The van der Waals surface area contributed by atoms with E-state index in [0.29, 0.717) is 5.92 Å². The van der Waals surface area contributed by atoms with Crippen molar-refractivity contribution in [2.24, 2.45) is 4.99 Å². The molecule has 8 rings (SSSR count). The van der Waals surface area contributed by atoms with E-state index in [2.05, 4.69) is 133 Å². The highest BCUT2D eigenvalue weighted by Gasteiger charge is 2.21. The highest BCUT2D eigenvalue weighted by molar-refractivity contribution is 6.18. The molecule has 0 radical (unpaired) electrons. The van der Waals surface area contributed by atoms with Gasteiger partial charge in [-0.2, -0.15) is 0 Å². The van der Waals surface area contributed by atoms with E-state index in [-0.39, 0.29) is 0 Å². The topological polar surface area (TPSA) is 12.4 Å². The summed E-state index contributed by atoms with van der Waals surface area (Å²) in [7, 11) is 0. The third-order valence-corrected chi connectivity index (χ3v) is 9.50. The summed E-state index contributed by atoms with van der Waals surface area (Å²) < 4.78 is 0. The first-order chi connectivity index (χ1) is 21.3. The van der Waals surface area contributed by atoms with Crippen molar-refractivity contribution < 1.29 is 0 Å². The molecule has 1 heterocycles. The summed E-state index contributed by atoms with van der Waals surface area (Å²) in [5, 5.41) is 8.14. The molecule has 0 saturated carbocycles. The quantitative estimate of drug-likeness (QED) is 0.197. The molecule has 2 aliphatic carbocycles. The van der Waals surface area contributed by atoms with Gasteiger partial charge in [0.05, 0.1) is 0 Å². The minimum absolute atomic E-state index is 0.365. The second kappa shape index (κ2) is 10.8. The van der Waals surface area contributed by atoms with Crippen LogP contribution >= 0.6 is 0 Å². The smallest absolute Gasteiger partial charge is 0.0233 e. The van der Waals surface area contributed by atoms with Crippen molar-refractivity contribution >= 4 is 44.5 Å². The number of hydrogen-bond donors (Lipinski definition) is 0. The third kappa shape index (κ3) is 4.51. The molecule has 3 aliphatic rings. The van der Waals surface area contributed by atoms with Crippen LogP contribution in [0.2, 0.25) is 0 Å². The number of benzene rings is 5. The van der Waals surface area contributed by atoms with Crippen molar-refractivity contribution in [2.45, 2.75) is 44.9 Å². The van der Waals surface area contributed by atoms with Crippen molar-refractivity contribution in [1.82, 2.24) is 0 Å². The van der Waals surface area contributed by atoms with Gasteiger partial charge in [0, 0.05) is 17.8 Å². The monoisotopic (exact) mass is 553 g/mol. The van der Waals surface area contributed by atoms with E-state index in [9.17, 15) is 0 Å². The maximum atomic E-state index is 4.50. The molecule has 1 nitrogen and oxygen atoms in total. The van der Waals surface area contributed by atoms with Crippen LogP contribution in [0.5, 0.6) is 0 Å². The van der Waals surface area contributed by atoms with Gasteiger partial charge in [0.25, 0.3) is 0 Å². The van der Waals surface area contributed by atoms with Crippen LogP contribution in [0.25, 0.3) is 49.9 Å². The van der Waals surface area contributed by atoms with Crippen LogP contribution in [-0.4, -0.2) is 5.71 Å². The number of aliphatic imine (C=N–C) groups is 1. The summed E-state index contributed by atoms with van der Waals surface area (Å²) in [5.41, 5.74) is 10.9. The van der Waals surface area contributed by atoms with E-state index in [0.717, 1.165) is 32.1 Å². The van der Waals surface area contributed by atoms with Crippen LogP contribution in [-0.2, 0) is 0 Å². The molecule has 0 aromatic heterocycles. The third-order valence-electron chi connectivity index (χ3n) is 9.50. The minimum Gasteiger partial charge on any atom is -0.266 e. The number of hydrogen-bond acceptors (Lipinski definition) is 1. The van der Waals surface area contributed by atoms with Gasteiger partial charge in [-0.05, 0) is 110 Å². The van der Waals surface area contributed by atoms with Crippen molar-refractivity contribution in [1.29, 1.82) is 0 Å². The molecule has 1 aliphatic heterocycles. The molecule has 0 amide bonds. The van der Waals surface area contributed by atoms with Crippen molar-refractivity contribution in [3.05, 3.63) is 149 Å². The Morgan fingerprint density at radius 2 is 1.47 bits per heavy atom. The Morgan fingerprint density at radius 3 is 2.19 bits per heavy atom. The van der Waals surface area contributed by atoms with Crippen LogP contribution in [0.1, 0.15) is 61.6 Å². The molecule has 208 valence electrons. The lowest BCUT2D eigenvalue weighted by atomic mass is 9.81. The van der Waals surface area contributed by atoms with Gasteiger partial charge in [-0.3, -0.25) is 4.99 Å². The lowest BCUT2D eigenvalue weighted by Gasteiger charge is -2.22. The summed E-state index contributed by atoms with van der Waals surface area (Å²) in [6.07, 6.45) is 18.8. The van der Waals surface area contributed by atoms with Gasteiger partial charge in [0.2, 0.25) is 0 Å². The van der Waals surface area contributed by atoms with Gasteiger partial charge in [-0.25, -0.2) is 0 Å². The van der Waals surface area contributed by atoms with Gasteiger partial charge < -0.3 is 0 Å². The van der Waals surface area contributed by atoms with Gasteiger partial charge in [0.1, 0.15) is 0 Å². The first-order valence-corrected chi connectivity index (χ1v) is 15.7. The Morgan fingerprint density at radius 1 is 0.721 bits per heavy atom. The Bertz CT molecular complexity index is 2110. The Kier molecular flexibility index (Phi) is 6.52. The molecule has 0 spiro atoms. The number of rotatable bonds is 4. The highest BCUT2D eigenvalue weighted by atomic mass is 14.7. The molecular formula is C42H35N. The maximum absolute atomic E-state index is 4.50. The van der Waals surface area contributed by atoms with E-state index < -0.39 is 0 Å². The molecule has 1 atom stereocenters. The summed E-state index contributed by atoms with van der Waals surface area (Å²) in [5.74, 6) is 0.365. The van der Waals surface area contributed by atoms with Crippen LogP contribution < -0.4 is 10.4 Å². The zero-order valence-electron chi connectivity index (χ0n) is 24.7. The molecule has 0 fully saturated rings. The van der Waals surface area contributed by atoms with Crippen LogP contribution in [0.15, 0.2) is 126 Å². The average Bonchev–Trinajstić information content (AvgIpc) is 3.07. The molecule has 0 bridgehead atoms. The number of nitrogens with zero attached hydrogens (tertiary/aromatic N) is 1. The van der Waals surface area contributed by atoms with Gasteiger partial charge in [0.15, 0.2) is 0 Å². The second-order valence-corrected chi connectivity index (χ2v) is 12.1. The normalized spacial score (nSPS) is 17.9. The van der Waals surface area contributed by atoms with Crippen molar-refractivity contribution in [3.8, 4) is 11.1 Å². The molecule has 5 aromatic rings. The fourth-order valence-electron chi connectivity index (χ4n) is 7.54. The predicted molar refractivity (Wildman–Crippen MR) is 185 cm³/mol. The molecule has 1 unspecified atom stereocenters. The number of fused-ring (bicyclic) bond motifs is 3. The SMILES string of the molecule is CC1=NC=CC(c2cccc(-c3c4ccccc4c(C4=c5cccc(C6=CC=CCC6)c5=CCC4)c4ccccc34)c2)C1. The lowest BCUT2D eigenvalue weighted by Crippen LogP contribution is -2.33. The second-order valence-electron chi connectivity index (χ2n) is 12.1. The predicted octanol–water partition coefficient (Wildman–Crippen LogP) is 9.63. The van der Waals surface area contributed by atoms with Crippen LogP contribution in [0.4, 0.5) is 0 Å². The first kappa shape index (κ1) is 25.9. The fraction of sp³-hybridized carbons (Fsp3) is 0.167. The first-order valence-electron chi connectivity index (χ1n) is 15.7. The molecule has 1 heteroatoms. The van der Waals surface area contributed by atoms with Gasteiger partial charge in [-0.1, -0.05) is 121 Å². The van der Waals surface area contributed by atoms with Crippen LogP contribution in [0, 0.1) is 0 Å². The zero-order chi connectivity index (χ0) is 28.8. The summed E-state index contributed by atoms with van der Waals surface area (Å²) >= 11 is 0. The largest absolute Gasteiger partial charge is 0.266 e. The van der Waals surface area contributed by atoms with Crippen molar-refractivity contribution in [2.75, 3.05) is 0 Å². The summed E-state index contributed by atoms with van der Waals surface area (Å²) in [6.45, 7) is 2.13. The lowest BCUT2D eigenvalue weighted by molar-refractivity contribution is 0.871. The average molecular weight is 554 g/mol. The van der Waals surface area contributed by atoms with Gasteiger partial charge in [-0.15, -0.1) is 0 Å². The van der Waals surface area contributed by atoms with E-state index in [1.165, 1.54) is 76.7 Å². The van der Waals surface area contributed by atoms with E-state index >= 15 is 0 Å². The molecule has 5 aromatic carbocycles. The standard InChI is InChI=1S/C42H35N/c1-28-26-31(24-25-43-28)30-14-9-15-32(27-30)41-37-16-5-7-18-39(37)42(40-19-8-6-17-38(40)41)36-23-11-21-34-33(20-10-22-35(34)36)29-12-3-2-4-13-29/h2-3,5-10,12,14-22,24-25,27,31H,4,11,13,23,26H2,1H3. The fourth-order valence-corrected chi connectivity index (χ4v) is 7.54. The summed E-state index contributed by atoms with van der Waals surface area (Å²) in [6, 6.07) is 34.3.